The van der Waals surface area contributed by atoms with Crippen molar-refractivity contribution in [2.24, 2.45) is 5.92 Å². The summed E-state index contributed by atoms with van der Waals surface area (Å²) in [6, 6.07) is 7.63. The summed E-state index contributed by atoms with van der Waals surface area (Å²) in [5, 5.41) is 19.0. The van der Waals surface area contributed by atoms with Gasteiger partial charge >= 0.3 is 0 Å². The zero-order valence-electron chi connectivity index (χ0n) is 10.3. The highest BCUT2D eigenvalue weighted by Gasteiger charge is 2.27. The highest BCUT2D eigenvalue weighted by Crippen LogP contribution is 2.32. The molecule has 1 aliphatic heterocycles. The van der Waals surface area contributed by atoms with Crippen LogP contribution in [-0.2, 0) is 0 Å². The van der Waals surface area contributed by atoms with Gasteiger partial charge in [0.05, 0.1) is 0 Å². The van der Waals surface area contributed by atoms with Crippen LogP contribution in [0.25, 0.3) is 0 Å². The summed E-state index contributed by atoms with van der Waals surface area (Å²) in [6.07, 6.45) is 2.46. The molecule has 0 bridgehead atoms. The van der Waals surface area contributed by atoms with Crippen LogP contribution in [-0.4, -0.2) is 34.8 Å². The minimum absolute atomic E-state index is 0.177. The molecule has 94 valence electrons. The van der Waals surface area contributed by atoms with Gasteiger partial charge in [-0.2, -0.15) is 0 Å². The van der Waals surface area contributed by atoms with E-state index < -0.39 is 0 Å². The predicted molar refractivity (Wildman–Crippen MR) is 67.9 cm³/mol. The summed E-state index contributed by atoms with van der Waals surface area (Å²) >= 11 is 0. The van der Waals surface area contributed by atoms with Gasteiger partial charge in [0.15, 0.2) is 0 Å². The fraction of sp³-hybridized carbons (Fsp3) is 0.571. The number of nitrogens with zero attached hydrogens (tertiary/aromatic N) is 1. The lowest BCUT2D eigenvalue weighted by Crippen LogP contribution is -2.31. The Balaban J connectivity index is 2.25. The summed E-state index contributed by atoms with van der Waals surface area (Å²) in [5.41, 5.74) is 1.11. The normalized spacial score (nSPS) is 20.4. The number of rotatable bonds is 4. The molecule has 0 aromatic heterocycles. The van der Waals surface area contributed by atoms with Crippen molar-refractivity contribution in [1.82, 2.24) is 4.90 Å². The molecule has 2 unspecified atom stereocenters. The first-order valence-corrected chi connectivity index (χ1v) is 6.36. The number of likely N-dealkylation sites (tertiary alicyclic amines) is 1. The zero-order valence-corrected chi connectivity index (χ0v) is 10.3. The third-order valence-corrected chi connectivity index (χ3v) is 3.57. The molecule has 3 heteroatoms. The van der Waals surface area contributed by atoms with E-state index in [1.807, 2.05) is 18.2 Å². The summed E-state index contributed by atoms with van der Waals surface area (Å²) in [5.74, 6) is 0.492. The third kappa shape index (κ3) is 2.79. The van der Waals surface area contributed by atoms with Crippen LogP contribution in [0.5, 0.6) is 5.75 Å². The highest BCUT2D eigenvalue weighted by atomic mass is 16.3. The lowest BCUT2D eigenvalue weighted by molar-refractivity contribution is 0.126. The Kier molecular flexibility index (Phi) is 4.02. The number of aromatic hydroxyl groups is 1. The van der Waals surface area contributed by atoms with E-state index in [1.54, 1.807) is 6.07 Å². The molecule has 3 nitrogen and oxygen atoms in total. The molecule has 0 spiro atoms. The molecule has 0 amide bonds. The molecule has 17 heavy (non-hydrogen) atoms. The van der Waals surface area contributed by atoms with Gasteiger partial charge in [-0.3, -0.25) is 4.90 Å². The van der Waals surface area contributed by atoms with Gasteiger partial charge in [-0.05, 0) is 49.5 Å². The number of hydrogen-bond acceptors (Lipinski definition) is 3. The van der Waals surface area contributed by atoms with Gasteiger partial charge in [-0.15, -0.1) is 0 Å². The van der Waals surface area contributed by atoms with E-state index >= 15 is 0 Å². The summed E-state index contributed by atoms with van der Waals surface area (Å²) in [4.78, 5) is 2.41. The average molecular weight is 235 g/mol. The topological polar surface area (TPSA) is 43.7 Å². The van der Waals surface area contributed by atoms with Crippen LogP contribution in [0.4, 0.5) is 0 Å². The molecule has 2 N–H and O–H groups in total. The molecule has 0 aliphatic carbocycles. The van der Waals surface area contributed by atoms with Crippen molar-refractivity contribution < 1.29 is 10.2 Å². The van der Waals surface area contributed by atoms with E-state index in [2.05, 4.69) is 11.8 Å². The maximum absolute atomic E-state index is 9.58. The highest BCUT2D eigenvalue weighted by molar-refractivity contribution is 5.30. The fourth-order valence-corrected chi connectivity index (χ4v) is 2.73. The van der Waals surface area contributed by atoms with Crippen molar-refractivity contribution in [2.75, 3.05) is 19.7 Å². The quantitative estimate of drug-likeness (QED) is 0.840. The van der Waals surface area contributed by atoms with Gasteiger partial charge < -0.3 is 10.2 Å². The first kappa shape index (κ1) is 12.4. The Morgan fingerprint density at radius 2 is 2.00 bits per heavy atom. The fourth-order valence-electron chi connectivity index (χ4n) is 2.73. The van der Waals surface area contributed by atoms with E-state index in [-0.39, 0.29) is 18.6 Å². The van der Waals surface area contributed by atoms with Gasteiger partial charge in [-0.1, -0.05) is 19.1 Å². The second-order valence-electron chi connectivity index (χ2n) is 4.94. The number of hydrogen-bond donors (Lipinski definition) is 2. The van der Waals surface area contributed by atoms with Crippen LogP contribution in [0, 0.1) is 5.92 Å². The summed E-state index contributed by atoms with van der Waals surface area (Å²) < 4.78 is 0. The number of phenolic OH excluding ortho intramolecular Hbond substituents is 1. The second-order valence-corrected chi connectivity index (χ2v) is 4.94. The molecular weight excluding hydrogens is 214 g/mol. The van der Waals surface area contributed by atoms with Crippen LogP contribution < -0.4 is 0 Å². The second kappa shape index (κ2) is 5.52. The van der Waals surface area contributed by atoms with Crippen LogP contribution >= 0.6 is 0 Å². The van der Waals surface area contributed by atoms with E-state index in [1.165, 1.54) is 12.8 Å². The monoisotopic (exact) mass is 235 g/mol. The Hall–Kier alpha value is -1.06. The van der Waals surface area contributed by atoms with Gasteiger partial charge in [0.2, 0.25) is 0 Å². The Morgan fingerprint density at radius 1 is 1.29 bits per heavy atom. The first-order valence-electron chi connectivity index (χ1n) is 6.36. The van der Waals surface area contributed by atoms with Crippen LogP contribution in [0.3, 0.4) is 0 Å². The van der Waals surface area contributed by atoms with E-state index in [9.17, 15) is 10.2 Å². The molecule has 2 rings (SSSR count). The lowest BCUT2D eigenvalue weighted by Gasteiger charge is -2.32. The predicted octanol–water partition coefficient (Wildman–Crippen LogP) is 2.16. The third-order valence-electron chi connectivity index (χ3n) is 3.57. The largest absolute Gasteiger partial charge is 0.508 e. The van der Waals surface area contributed by atoms with Crippen molar-refractivity contribution >= 4 is 0 Å². The summed E-state index contributed by atoms with van der Waals surface area (Å²) in [7, 11) is 0. The summed E-state index contributed by atoms with van der Waals surface area (Å²) in [6.45, 7) is 4.42. The van der Waals surface area contributed by atoms with Gasteiger partial charge in [0.25, 0.3) is 0 Å². The van der Waals surface area contributed by atoms with E-state index in [4.69, 9.17) is 0 Å². The van der Waals surface area contributed by atoms with Crippen LogP contribution in [0.1, 0.15) is 31.4 Å². The molecule has 1 aromatic carbocycles. The molecule has 2 atom stereocenters. The smallest absolute Gasteiger partial charge is 0.115 e. The minimum atomic E-state index is 0.177. The molecule has 1 heterocycles. The number of benzene rings is 1. The SMILES string of the molecule is CC(CO)C(c1cccc(O)c1)N1CCCC1. The molecule has 1 aromatic rings. The van der Waals surface area contributed by atoms with Gasteiger partial charge in [-0.25, -0.2) is 0 Å². The Morgan fingerprint density at radius 3 is 2.59 bits per heavy atom. The molecule has 0 saturated carbocycles. The molecule has 1 fully saturated rings. The molecule has 0 radical (unpaired) electrons. The Labute approximate surface area is 103 Å². The maximum atomic E-state index is 9.58. The first-order chi connectivity index (χ1) is 8.22. The van der Waals surface area contributed by atoms with Gasteiger partial charge in [0, 0.05) is 12.6 Å². The molecular formula is C14H21NO2. The van der Waals surface area contributed by atoms with E-state index in [0.717, 1.165) is 18.7 Å². The maximum Gasteiger partial charge on any atom is 0.115 e. The molecule has 1 aliphatic rings. The van der Waals surface area contributed by atoms with Gasteiger partial charge in [0.1, 0.15) is 5.75 Å². The van der Waals surface area contributed by atoms with E-state index in [0.29, 0.717) is 5.75 Å². The van der Waals surface area contributed by atoms with Crippen molar-refractivity contribution in [3.8, 4) is 5.75 Å². The number of phenols is 1. The number of aliphatic hydroxyl groups is 1. The standard InChI is InChI=1S/C14H21NO2/c1-11(10-16)14(15-7-2-3-8-15)12-5-4-6-13(17)9-12/h4-6,9,11,14,16-17H,2-3,7-8,10H2,1H3. The van der Waals surface area contributed by atoms with Crippen molar-refractivity contribution in [3.63, 3.8) is 0 Å². The van der Waals surface area contributed by atoms with Crippen LogP contribution in [0.15, 0.2) is 24.3 Å². The Bertz CT molecular complexity index is 361. The lowest BCUT2D eigenvalue weighted by atomic mass is 9.93. The van der Waals surface area contributed by atoms with Crippen molar-refractivity contribution in [3.05, 3.63) is 29.8 Å². The van der Waals surface area contributed by atoms with Crippen LogP contribution in [0.2, 0.25) is 0 Å². The number of aliphatic hydroxyl groups excluding tert-OH is 1. The average Bonchev–Trinajstić information content (AvgIpc) is 2.83. The minimum Gasteiger partial charge on any atom is -0.508 e. The van der Waals surface area contributed by atoms with Crippen molar-refractivity contribution in [1.29, 1.82) is 0 Å². The zero-order chi connectivity index (χ0) is 12.3. The molecule has 1 saturated heterocycles. The van der Waals surface area contributed by atoms with Crippen molar-refractivity contribution in [2.45, 2.75) is 25.8 Å².